The Hall–Kier alpha value is -3.42. The van der Waals surface area contributed by atoms with Crippen LogP contribution in [-0.4, -0.2) is 45.3 Å². The molecule has 0 aromatic rings. The second-order valence-electron chi connectivity index (χ2n) is 4.23. The standard InChI is InChI=1S/C14H6O8/c15-5-1-3-7(17)11(13(19)20)9(5)10-6(16)2-4-8(18)12(10)14(21)22/h1-4H,(H,19,20)(H,21,22). The van der Waals surface area contributed by atoms with E-state index in [4.69, 9.17) is 10.2 Å². The van der Waals surface area contributed by atoms with E-state index in [9.17, 15) is 28.8 Å². The quantitative estimate of drug-likeness (QED) is 0.507. The lowest BCUT2D eigenvalue weighted by atomic mass is 9.82. The monoisotopic (exact) mass is 302 g/mol. The minimum Gasteiger partial charge on any atom is -0.478 e. The molecule has 0 amide bonds. The van der Waals surface area contributed by atoms with Gasteiger partial charge in [-0.05, 0) is 24.3 Å². The van der Waals surface area contributed by atoms with Gasteiger partial charge in [-0.2, -0.15) is 0 Å². The third-order valence-corrected chi connectivity index (χ3v) is 2.94. The Morgan fingerprint density at radius 1 is 0.591 bits per heavy atom. The molecule has 2 aliphatic carbocycles. The van der Waals surface area contributed by atoms with E-state index in [-0.39, 0.29) is 0 Å². The first-order chi connectivity index (χ1) is 10.3. The second kappa shape index (κ2) is 5.17. The molecule has 0 heterocycles. The summed E-state index contributed by atoms with van der Waals surface area (Å²) in [5.41, 5.74) is -3.87. The van der Waals surface area contributed by atoms with Crippen LogP contribution >= 0.6 is 0 Å². The summed E-state index contributed by atoms with van der Waals surface area (Å²) in [6.45, 7) is 0. The van der Waals surface area contributed by atoms with Gasteiger partial charge in [-0.25, -0.2) is 9.59 Å². The zero-order valence-corrected chi connectivity index (χ0v) is 10.7. The number of aliphatic carboxylic acids is 2. The fourth-order valence-corrected chi connectivity index (χ4v) is 2.05. The minimum atomic E-state index is -1.80. The van der Waals surface area contributed by atoms with Gasteiger partial charge < -0.3 is 10.2 Å². The first-order valence-electron chi connectivity index (χ1n) is 5.74. The van der Waals surface area contributed by atoms with Crippen molar-refractivity contribution in [3.63, 3.8) is 0 Å². The fourth-order valence-electron chi connectivity index (χ4n) is 2.05. The summed E-state index contributed by atoms with van der Waals surface area (Å²) in [5.74, 6) is -7.83. The maximum absolute atomic E-state index is 11.9. The predicted molar refractivity (Wildman–Crippen MR) is 67.6 cm³/mol. The molecule has 0 spiro atoms. The van der Waals surface area contributed by atoms with Gasteiger partial charge in [-0.15, -0.1) is 0 Å². The van der Waals surface area contributed by atoms with Crippen LogP contribution in [0.2, 0.25) is 0 Å². The molecule has 0 unspecified atom stereocenters. The molecule has 0 aromatic carbocycles. The minimum absolute atomic E-state index is 0.696. The van der Waals surface area contributed by atoms with E-state index in [1.165, 1.54) is 0 Å². The molecule has 0 fully saturated rings. The van der Waals surface area contributed by atoms with Crippen LogP contribution in [0.3, 0.4) is 0 Å². The van der Waals surface area contributed by atoms with E-state index in [2.05, 4.69) is 0 Å². The SMILES string of the molecule is O=C(O)C1=C(C2=C(C(=O)O)C(=O)C=CC2=O)C(=O)C=CC1=O. The zero-order valence-electron chi connectivity index (χ0n) is 10.7. The van der Waals surface area contributed by atoms with Crippen LogP contribution in [-0.2, 0) is 28.8 Å². The van der Waals surface area contributed by atoms with Crippen molar-refractivity contribution >= 4 is 35.1 Å². The highest BCUT2D eigenvalue weighted by Crippen LogP contribution is 2.28. The Bertz CT molecular complexity index is 733. The van der Waals surface area contributed by atoms with E-state index in [1.807, 2.05) is 0 Å². The summed E-state index contributed by atoms with van der Waals surface area (Å²) in [7, 11) is 0. The number of carbonyl (C=O) groups excluding carboxylic acids is 4. The van der Waals surface area contributed by atoms with Crippen LogP contribution in [0, 0.1) is 0 Å². The van der Waals surface area contributed by atoms with Gasteiger partial charge in [0.1, 0.15) is 11.1 Å². The smallest absolute Gasteiger partial charge is 0.340 e. The fraction of sp³-hybridized carbons (Fsp3) is 0. The predicted octanol–water partition coefficient (Wildman–Crippen LogP) is -0.835. The first kappa shape index (κ1) is 15.0. The van der Waals surface area contributed by atoms with Crippen LogP contribution in [0.5, 0.6) is 0 Å². The van der Waals surface area contributed by atoms with E-state index >= 15 is 0 Å². The van der Waals surface area contributed by atoms with Crippen molar-refractivity contribution in [3.8, 4) is 0 Å². The van der Waals surface area contributed by atoms with Gasteiger partial charge in [-0.1, -0.05) is 0 Å². The molecular formula is C14H6O8. The van der Waals surface area contributed by atoms with Gasteiger partial charge >= 0.3 is 11.9 Å². The molecule has 2 N–H and O–H groups in total. The van der Waals surface area contributed by atoms with Crippen molar-refractivity contribution in [3.05, 3.63) is 46.6 Å². The van der Waals surface area contributed by atoms with Crippen LogP contribution in [0.4, 0.5) is 0 Å². The van der Waals surface area contributed by atoms with Gasteiger partial charge in [0.05, 0.1) is 11.1 Å². The largest absolute Gasteiger partial charge is 0.478 e. The van der Waals surface area contributed by atoms with Gasteiger partial charge in [0, 0.05) is 0 Å². The molecule has 8 nitrogen and oxygen atoms in total. The van der Waals surface area contributed by atoms with Gasteiger partial charge in [0.25, 0.3) is 0 Å². The number of ketones is 4. The van der Waals surface area contributed by atoms with Crippen LogP contribution in [0.25, 0.3) is 0 Å². The summed E-state index contributed by atoms with van der Waals surface area (Å²) >= 11 is 0. The van der Waals surface area contributed by atoms with Crippen molar-refractivity contribution < 1.29 is 39.0 Å². The van der Waals surface area contributed by atoms with Crippen molar-refractivity contribution in [2.24, 2.45) is 0 Å². The lowest BCUT2D eigenvalue weighted by Crippen LogP contribution is -2.29. The van der Waals surface area contributed by atoms with Gasteiger partial charge in [0.15, 0.2) is 23.1 Å². The van der Waals surface area contributed by atoms with E-state index < -0.39 is 57.4 Å². The Kier molecular flexibility index (Phi) is 3.52. The molecule has 0 bridgehead atoms. The van der Waals surface area contributed by atoms with Crippen molar-refractivity contribution in [2.75, 3.05) is 0 Å². The van der Waals surface area contributed by atoms with E-state index in [1.54, 1.807) is 0 Å². The average Bonchev–Trinajstić information content (AvgIpc) is 2.42. The average molecular weight is 302 g/mol. The Labute approximate surface area is 121 Å². The summed E-state index contributed by atoms with van der Waals surface area (Å²) in [6, 6.07) is 0. The van der Waals surface area contributed by atoms with Crippen LogP contribution < -0.4 is 0 Å². The highest BCUT2D eigenvalue weighted by molar-refractivity contribution is 6.39. The maximum atomic E-state index is 11.9. The molecule has 2 aliphatic rings. The van der Waals surface area contributed by atoms with Crippen LogP contribution in [0.1, 0.15) is 0 Å². The number of hydrogen-bond acceptors (Lipinski definition) is 6. The Morgan fingerprint density at radius 2 is 0.864 bits per heavy atom. The van der Waals surface area contributed by atoms with Crippen LogP contribution in [0.15, 0.2) is 46.6 Å². The van der Waals surface area contributed by atoms with Crippen molar-refractivity contribution in [1.82, 2.24) is 0 Å². The lowest BCUT2D eigenvalue weighted by Gasteiger charge is -2.17. The molecule has 110 valence electrons. The van der Waals surface area contributed by atoms with Gasteiger partial charge in [-0.3, -0.25) is 19.2 Å². The third kappa shape index (κ3) is 2.22. The Morgan fingerprint density at radius 3 is 1.14 bits per heavy atom. The second-order valence-corrected chi connectivity index (χ2v) is 4.23. The molecule has 8 heteroatoms. The molecule has 0 radical (unpaired) electrons. The normalized spacial score (nSPS) is 18.4. The molecule has 0 aliphatic heterocycles. The van der Waals surface area contributed by atoms with Crippen molar-refractivity contribution in [2.45, 2.75) is 0 Å². The van der Waals surface area contributed by atoms with E-state index in [0.29, 0.717) is 24.3 Å². The molecule has 22 heavy (non-hydrogen) atoms. The molecule has 0 atom stereocenters. The zero-order chi connectivity index (χ0) is 16.6. The summed E-state index contributed by atoms with van der Waals surface area (Å²) < 4.78 is 0. The number of carboxylic acid groups (broad SMARTS) is 2. The number of allylic oxidation sites excluding steroid dienone is 6. The lowest BCUT2D eigenvalue weighted by molar-refractivity contribution is -0.136. The molecule has 0 saturated heterocycles. The Balaban J connectivity index is 2.89. The summed E-state index contributed by atoms with van der Waals surface area (Å²) in [4.78, 5) is 69.4. The molecule has 2 rings (SSSR count). The highest BCUT2D eigenvalue weighted by atomic mass is 16.4. The number of carbonyl (C=O) groups is 6. The van der Waals surface area contributed by atoms with Crippen molar-refractivity contribution in [1.29, 1.82) is 0 Å². The molecule has 0 aromatic heterocycles. The highest BCUT2D eigenvalue weighted by Gasteiger charge is 2.38. The maximum Gasteiger partial charge on any atom is 0.340 e. The topological polar surface area (TPSA) is 143 Å². The summed E-state index contributed by atoms with van der Waals surface area (Å²) in [5, 5.41) is 18.1. The molecule has 0 saturated carbocycles. The van der Waals surface area contributed by atoms with E-state index in [0.717, 1.165) is 0 Å². The first-order valence-corrected chi connectivity index (χ1v) is 5.74. The summed E-state index contributed by atoms with van der Waals surface area (Å²) in [6.07, 6.45) is 2.82. The van der Waals surface area contributed by atoms with Gasteiger partial charge in [0.2, 0.25) is 0 Å². The number of carboxylic acids is 2. The third-order valence-electron chi connectivity index (χ3n) is 2.94. The number of hydrogen-bond donors (Lipinski definition) is 2. The number of rotatable bonds is 3. The molecular weight excluding hydrogens is 296 g/mol.